The molecule has 1 fully saturated rings. The second-order valence-electron chi connectivity index (χ2n) is 5.88. The highest BCUT2D eigenvalue weighted by molar-refractivity contribution is 5.44. The van der Waals surface area contributed by atoms with Gasteiger partial charge >= 0.3 is 0 Å². The average Bonchev–Trinajstić information content (AvgIpc) is 2.25. The SMILES string of the molecule is COc1cc(C)nc(N2CC(C)(C)C2(C)C)n1. The summed E-state index contributed by atoms with van der Waals surface area (Å²) in [5.41, 5.74) is 1.30. The minimum absolute atomic E-state index is 0.0752. The lowest BCUT2D eigenvalue weighted by molar-refractivity contribution is 0.0949. The third kappa shape index (κ3) is 1.75. The minimum atomic E-state index is 0.0752. The lowest BCUT2D eigenvalue weighted by atomic mass is 9.65. The van der Waals surface area contributed by atoms with E-state index in [9.17, 15) is 0 Å². The van der Waals surface area contributed by atoms with Gasteiger partial charge in [-0.05, 0) is 20.8 Å². The molecule has 0 N–H and O–H groups in total. The van der Waals surface area contributed by atoms with Crippen LogP contribution < -0.4 is 9.64 Å². The lowest BCUT2D eigenvalue weighted by Gasteiger charge is -2.61. The number of hydrogen-bond acceptors (Lipinski definition) is 4. The summed E-state index contributed by atoms with van der Waals surface area (Å²) in [7, 11) is 1.64. The van der Waals surface area contributed by atoms with Crippen molar-refractivity contribution in [3.8, 4) is 5.88 Å². The van der Waals surface area contributed by atoms with Crippen molar-refractivity contribution in [2.75, 3.05) is 18.6 Å². The van der Waals surface area contributed by atoms with Crippen molar-refractivity contribution in [1.82, 2.24) is 9.97 Å². The second-order valence-corrected chi connectivity index (χ2v) is 5.88. The van der Waals surface area contributed by atoms with Gasteiger partial charge < -0.3 is 9.64 Å². The summed E-state index contributed by atoms with van der Waals surface area (Å²) in [5, 5.41) is 0. The molecule has 0 amide bonds. The number of anilines is 1. The number of hydrogen-bond donors (Lipinski definition) is 0. The normalized spacial score (nSPS) is 20.9. The van der Waals surface area contributed by atoms with Gasteiger partial charge in [-0.25, -0.2) is 4.98 Å². The molecular weight excluding hydrogens is 214 g/mol. The molecule has 94 valence electrons. The van der Waals surface area contributed by atoms with Crippen LogP contribution in [0.25, 0.3) is 0 Å². The molecule has 1 aromatic rings. The summed E-state index contributed by atoms with van der Waals surface area (Å²) >= 11 is 0. The van der Waals surface area contributed by atoms with E-state index in [1.165, 1.54) is 0 Å². The number of methoxy groups -OCH3 is 1. The fourth-order valence-corrected chi connectivity index (χ4v) is 2.13. The van der Waals surface area contributed by atoms with Crippen LogP contribution in [0.5, 0.6) is 5.88 Å². The van der Waals surface area contributed by atoms with Crippen LogP contribution in [-0.4, -0.2) is 29.2 Å². The Labute approximate surface area is 103 Å². The van der Waals surface area contributed by atoms with E-state index in [4.69, 9.17) is 4.74 Å². The molecule has 17 heavy (non-hydrogen) atoms. The summed E-state index contributed by atoms with van der Waals surface area (Å²) in [4.78, 5) is 11.2. The predicted octanol–water partition coefficient (Wildman–Crippen LogP) is 2.42. The van der Waals surface area contributed by atoms with Crippen molar-refractivity contribution in [2.45, 2.75) is 40.2 Å². The largest absolute Gasteiger partial charge is 0.481 e. The van der Waals surface area contributed by atoms with Crippen molar-refractivity contribution < 1.29 is 4.74 Å². The number of nitrogens with zero attached hydrogens (tertiary/aromatic N) is 3. The summed E-state index contributed by atoms with van der Waals surface area (Å²) in [6, 6.07) is 1.85. The molecule has 0 radical (unpaired) electrons. The van der Waals surface area contributed by atoms with Gasteiger partial charge in [-0.3, -0.25) is 0 Å². The highest BCUT2D eigenvalue weighted by Crippen LogP contribution is 2.47. The van der Waals surface area contributed by atoms with Gasteiger partial charge in [0.05, 0.1) is 7.11 Å². The van der Waals surface area contributed by atoms with Crippen LogP contribution in [0.3, 0.4) is 0 Å². The summed E-state index contributed by atoms with van der Waals surface area (Å²) < 4.78 is 5.20. The highest BCUT2D eigenvalue weighted by Gasteiger charge is 2.53. The molecule has 1 aromatic heterocycles. The summed E-state index contributed by atoms with van der Waals surface area (Å²) in [6.07, 6.45) is 0. The molecule has 1 saturated heterocycles. The molecule has 2 rings (SSSR count). The zero-order valence-electron chi connectivity index (χ0n) is 11.5. The van der Waals surface area contributed by atoms with E-state index in [0.717, 1.165) is 18.2 Å². The van der Waals surface area contributed by atoms with Crippen molar-refractivity contribution >= 4 is 5.95 Å². The number of aryl methyl sites for hydroxylation is 1. The number of ether oxygens (including phenoxy) is 1. The molecule has 2 heterocycles. The molecule has 0 aromatic carbocycles. The molecule has 0 unspecified atom stereocenters. The minimum Gasteiger partial charge on any atom is -0.481 e. The van der Waals surface area contributed by atoms with E-state index < -0.39 is 0 Å². The molecule has 4 heteroatoms. The van der Waals surface area contributed by atoms with Gasteiger partial charge in [-0.1, -0.05) is 13.8 Å². The maximum absolute atomic E-state index is 5.20. The molecule has 0 aliphatic carbocycles. The molecule has 4 nitrogen and oxygen atoms in total. The third-order valence-corrected chi connectivity index (χ3v) is 4.15. The fourth-order valence-electron chi connectivity index (χ4n) is 2.13. The fraction of sp³-hybridized carbons (Fsp3) is 0.692. The number of rotatable bonds is 2. The first-order chi connectivity index (χ1) is 7.78. The van der Waals surface area contributed by atoms with Crippen LogP contribution in [-0.2, 0) is 0 Å². The van der Waals surface area contributed by atoms with Crippen LogP contribution in [0, 0.1) is 12.3 Å². The van der Waals surface area contributed by atoms with Gasteiger partial charge in [0.2, 0.25) is 11.8 Å². The summed E-state index contributed by atoms with van der Waals surface area (Å²) in [6.45, 7) is 12.0. The van der Waals surface area contributed by atoms with Crippen molar-refractivity contribution in [3.63, 3.8) is 0 Å². The van der Waals surface area contributed by atoms with E-state index in [-0.39, 0.29) is 11.0 Å². The van der Waals surface area contributed by atoms with Gasteiger partial charge in [0.15, 0.2) is 0 Å². The van der Waals surface area contributed by atoms with Gasteiger partial charge in [0, 0.05) is 29.3 Å². The first-order valence-corrected chi connectivity index (χ1v) is 5.95. The Morgan fingerprint density at radius 2 is 1.88 bits per heavy atom. The molecule has 1 aliphatic heterocycles. The molecule has 1 aliphatic rings. The zero-order chi connectivity index (χ0) is 12.8. The monoisotopic (exact) mass is 235 g/mol. The Morgan fingerprint density at radius 1 is 1.24 bits per heavy atom. The zero-order valence-corrected chi connectivity index (χ0v) is 11.5. The van der Waals surface area contributed by atoms with Gasteiger partial charge in [0.1, 0.15) is 0 Å². The Kier molecular flexibility index (Phi) is 2.56. The first kappa shape index (κ1) is 12.1. The average molecular weight is 235 g/mol. The standard InChI is InChI=1S/C13H21N3O/c1-9-7-10(17-6)15-11(14-9)16-8-12(2,3)13(16,4)5/h7H,8H2,1-6H3. The van der Waals surface area contributed by atoms with Crippen LogP contribution >= 0.6 is 0 Å². The van der Waals surface area contributed by atoms with Crippen molar-refractivity contribution in [2.24, 2.45) is 5.41 Å². The van der Waals surface area contributed by atoms with E-state index >= 15 is 0 Å². The van der Waals surface area contributed by atoms with Crippen LogP contribution in [0.15, 0.2) is 6.07 Å². The van der Waals surface area contributed by atoms with Gasteiger partial charge in [-0.15, -0.1) is 0 Å². The Morgan fingerprint density at radius 3 is 2.35 bits per heavy atom. The third-order valence-electron chi connectivity index (χ3n) is 4.15. The quantitative estimate of drug-likeness (QED) is 0.789. The maximum atomic E-state index is 5.20. The highest BCUT2D eigenvalue weighted by atomic mass is 16.5. The Hall–Kier alpha value is -1.32. The van der Waals surface area contributed by atoms with Crippen molar-refractivity contribution in [3.05, 3.63) is 11.8 Å². The molecule has 0 atom stereocenters. The topological polar surface area (TPSA) is 38.2 Å². The smallest absolute Gasteiger partial charge is 0.229 e. The molecular formula is C13H21N3O. The van der Waals surface area contributed by atoms with Crippen LogP contribution in [0.1, 0.15) is 33.4 Å². The second kappa shape index (κ2) is 3.59. The van der Waals surface area contributed by atoms with Crippen molar-refractivity contribution in [1.29, 1.82) is 0 Å². The van der Waals surface area contributed by atoms with E-state index in [0.29, 0.717) is 5.88 Å². The van der Waals surface area contributed by atoms with E-state index in [2.05, 4.69) is 42.6 Å². The number of aromatic nitrogens is 2. The predicted molar refractivity (Wildman–Crippen MR) is 68.5 cm³/mol. The molecule has 0 spiro atoms. The van der Waals surface area contributed by atoms with E-state index in [1.54, 1.807) is 7.11 Å². The Balaban J connectivity index is 2.34. The lowest BCUT2D eigenvalue weighted by Crippen LogP contribution is -2.70. The maximum Gasteiger partial charge on any atom is 0.229 e. The first-order valence-electron chi connectivity index (χ1n) is 5.95. The van der Waals surface area contributed by atoms with Gasteiger partial charge in [-0.2, -0.15) is 4.98 Å². The molecule has 0 saturated carbocycles. The van der Waals surface area contributed by atoms with Gasteiger partial charge in [0.25, 0.3) is 0 Å². The van der Waals surface area contributed by atoms with Crippen LogP contribution in [0.4, 0.5) is 5.95 Å². The Bertz CT molecular complexity index is 440. The molecule has 0 bridgehead atoms. The van der Waals surface area contributed by atoms with Crippen LogP contribution in [0.2, 0.25) is 0 Å². The van der Waals surface area contributed by atoms with E-state index in [1.807, 2.05) is 13.0 Å². The summed E-state index contributed by atoms with van der Waals surface area (Å²) in [5.74, 6) is 1.40.